The molecule has 1 aliphatic rings. The number of hydrogen-bond donors (Lipinski definition) is 1. The molecule has 0 spiro atoms. The number of alkyl halides is 3. The molecule has 1 aromatic rings. The molecule has 1 heterocycles. The van der Waals surface area contributed by atoms with Gasteiger partial charge in [0.1, 0.15) is 5.75 Å². The summed E-state index contributed by atoms with van der Waals surface area (Å²) in [5.74, 6) is 0.00392. The molecule has 106 valence electrons. The van der Waals surface area contributed by atoms with Gasteiger partial charge in [-0.1, -0.05) is 18.2 Å². The van der Waals surface area contributed by atoms with Crippen molar-refractivity contribution < 1.29 is 22.6 Å². The average Bonchev–Trinajstić information content (AvgIpc) is 2.84. The summed E-state index contributed by atoms with van der Waals surface area (Å²) in [6.07, 6.45) is -3.85. The SMILES string of the molecule is CNC(c1ccccc1OC(F)(F)F)C1CCOC1. The molecule has 1 aliphatic heterocycles. The van der Waals surface area contributed by atoms with Crippen LogP contribution in [0.25, 0.3) is 0 Å². The van der Waals surface area contributed by atoms with Crippen LogP contribution in [0.15, 0.2) is 24.3 Å². The van der Waals surface area contributed by atoms with E-state index in [9.17, 15) is 13.2 Å². The summed E-state index contributed by atoms with van der Waals surface area (Å²) in [5.41, 5.74) is 0.512. The van der Waals surface area contributed by atoms with E-state index >= 15 is 0 Å². The molecule has 1 N–H and O–H groups in total. The third-order valence-electron chi connectivity index (χ3n) is 3.23. The Morgan fingerprint density at radius 2 is 2.11 bits per heavy atom. The third-order valence-corrected chi connectivity index (χ3v) is 3.23. The van der Waals surface area contributed by atoms with Crippen molar-refractivity contribution in [1.82, 2.24) is 5.32 Å². The Bertz CT molecular complexity index is 417. The Balaban J connectivity index is 2.26. The maximum Gasteiger partial charge on any atom is 0.573 e. The van der Waals surface area contributed by atoms with E-state index in [2.05, 4.69) is 10.1 Å². The molecule has 0 aliphatic carbocycles. The summed E-state index contributed by atoms with van der Waals surface area (Å²) in [6, 6.07) is 6.02. The standard InChI is InChI=1S/C13H16F3NO2/c1-17-12(9-6-7-18-8-9)10-4-2-3-5-11(10)19-13(14,15)16/h2-5,9,12,17H,6-8H2,1H3. The van der Waals surface area contributed by atoms with Gasteiger partial charge < -0.3 is 14.8 Å². The molecule has 2 atom stereocenters. The number of halogens is 3. The Kier molecular flexibility index (Phi) is 4.31. The van der Waals surface area contributed by atoms with Crippen LogP contribution in [0.4, 0.5) is 13.2 Å². The minimum Gasteiger partial charge on any atom is -0.405 e. The first-order valence-corrected chi connectivity index (χ1v) is 6.11. The van der Waals surface area contributed by atoms with Crippen LogP contribution in [0.2, 0.25) is 0 Å². The van der Waals surface area contributed by atoms with Gasteiger partial charge in [-0.15, -0.1) is 13.2 Å². The zero-order valence-electron chi connectivity index (χ0n) is 10.5. The lowest BCUT2D eigenvalue weighted by molar-refractivity contribution is -0.275. The zero-order chi connectivity index (χ0) is 13.9. The summed E-state index contributed by atoms with van der Waals surface area (Å²) in [6.45, 7) is 1.19. The van der Waals surface area contributed by atoms with Crippen molar-refractivity contribution in [3.63, 3.8) is 0 Å². The van der Waals surface area contributed by atoms with Crippen LogP contribution >= 0.6 is 0 Å². The first kappa shape index (κ1) is 14.1. The highest BCUT2D eigenvalue weighted by Gasteiger charge is 2.34. The van der Waals surface area contributed by atoms with Crippen LogP contribution < -0.4 is 10.1 Å². The number of benzene rings is 1. The van der Waals surface area contributed by atoms with E-state index in [-0.39, 0.29) is 17.7 Å². The fourth-order valence-electron chi connectivity index (χ4n) is 2.42. The summed E-state index contributed by atoms with van der Waals surface area (Å²) in [4.78, 5) is 0. The van der Waals surface area contributed by atoms with Gasteiger partial charge in [-0.2, -0.15) is 0 Å². The molecule has 2 rings (SSSR count). The van der Waals surface area contributed by atoms with Crippen LogP contribution in [0.3, 0.4) is 0 Å². The summed E-state index contributed by atoms with van der Waals surface area (Å²) in [7, 11) is 1.73. The van der Waals surface area contributed by atoms with E-state index in [1.165, 1.54) is 12.1 Å². The van der Waals surface area contributed by atoms with Crippen molar-refractivity contribution in [3.8, 4) is 5.75 Å². The fraction of sp³-hybridized carbons (Fsp3) is 0.538. The number of rotatable bonds is 4. The topological polar surface area (TPSA) is 30.5 Å². The normalized spacial score (nSPS) is 21.4. The van der Waals surface area contributed by atoms with Gasteiger partial charge in [-0.3, -0.25) is 0 Å². The van der Waals surface area contributed by atoms with Crippen molar-refractivity contribution >= 4 is 0 Å². The van der Waals surface area contributed by atoms with Crippen molar-refractivity contribution in [2.45, 2.75) is 18.8 Å². The predicted molar refractivity (Wildman–Crippen MR) is 63.9 cm³/mol. The van der Waals surface area contributed by atoms with Crippen LogP contribution in [0.1, 0.15) is 18.0 Å². The molecule has 0 radical (unpaired) electrons. The second-order valence-electron chi connectivity index (χ2n) is 4.48. The van der Waals surface area contributed by atoms with Gasteiger partial charge in [0.25, 0.3) is 0 Å². The van der Waals surface area contributed by atoms with Crippen LogP contribution in [-0.4, -0.2) is 26.6 Å². The molecular formula is C13H16F3NO2. The highest BCUT2D eigenvalue weighted by Crippen LogP contribution is 2.36. The molecule has 1 saturated heterocycles. The van der Waals surface area contributed by atoms with Crippen LogP contribution in [0.5, 0.6) is 5.75 Å². The largest absolute Gasteiger partial charge is 0.573 e. The van der Waals surface area contributed by atoms with E-state index < -0.39 is 6.36 Å². The van der Waals surface area contributed by atoms with Crippen molar-refractivity contribution in [2.24, 2.45) is 5.92 Å². The Morgan fingerprint density at radius 3 is 2.68 bits per heavy atom. The van der Waals surface area contributed by atoms with Gasteiger partial charge in [-0.05, 0) is 19.5 Å². The van der Waals surface area contributed by atoms with Gasteiger partial charge >= 0.3 is 6.36 Å². The molecule has 1 fully saturated rings. The molecule has 3 nitrogen and oxygen atoms in total. The third kappa shape index (κ3) is 3.61. The average molecular weight is 275 g/mol. The van der Waals surface area contributed by atoms with Crippen molar-refractivity contribution in [2.75, 3.05) is 20.3 Å². The first-order chi connectivity index (χ1) is 9.01. The van der Waals surface area contributed by atoms with E-state index in [4.69, 9.17) is 4.74 Å². The van der Waals surface area contributed by atoms with Gasteiger partial charge in [0.05, 0.1) is 6.61 Å². The van der Waals surface area contributed by atoms with E-state index in [1.807, 2.05) is 0 Å². The molecule has 0 saturated carbocycles. The summed E-state index contributed by atoms with van der Waals surface area (Å²) < 4.78 is 46.6. The Hall–Kier alpha value is -1.27. The predicted octanol–water partition coefficient (Wildman–Crippen LogP) is 2.88. The molecule has 0 amide bonds. The number of para-hydroxylation sites is 1. The quantitative estimate of drug-likeness (QED) is 0.916. The molecule has 2 unspecified atom stereocenters. The maximum absolute atomic E-state index is 12.4. The Labute approximate surface area is 109 Å². The van der Waals surface area contributed by atoms with Gasteiger partial charge in [0, 0.05) is 24.1 Å². The lowest BCUT2D eigenvalue weighted by Gasteiger charge is -2.24. The molecule has 1 aromatic carbocycles. The highest BCUT2D eigenvalue weighted by molar-refractivity contribution is 5.36. The molecule has 0 aromatic heterocycles. The fourth-order valence-corrected chi connectivity index (χ4v) is 2.42. The minimum atomic E-state index is -4.68. The zero-order valence-corrected chi connectivity index (χ0v) is 10.5. The second-order valence-corrected chi connectivity index (χ2v) is 4.48. The second kappa shape index (κ2) is 5.79. The smallest absolute Gasteiger partial charge is 0.405 e. The van der Waals surface area contributed by atoms with Crippen LogP contribution in [0, 0.1) is 5.92 Å². The molecule has 0 bridgehead atoms. The van der Waals surface area contributed by atoms with E-state index in [1.54, 1.807) is 19.2 Å². The minimum absolute atomic E-state index is 0.152. The molecule has 19 heavy (non-hydrogen) atoms. The van der Waals surface area contributed by atoms with Crippen molar-refractivity contribution in [3.05, 3.63) is 29.8 Å². The van der Waals surface area contributed by atoms with Gasteiger partial charge in [0.15, 0.2) is 0 Å². The molecular weight excluding hydrogens is 259 g/mol. The summed E-state index contributed by atoms with van der Waals surface area (Å²) in [5, 5.41) is 3.06. The summed E-state index contributed by atoms with van der Waals surface area (Å²) >= 11 is 0. The van der Waals surface area contributed by atoms with Crippen LogP contribution in [-0.2, 0) is 4.74 Å². The van der Waals surface area contributed by atoms with Crippen molar-refractivity contribution in [1.29, 1.82) is 0 Å². The number of nitrogens with one attached hydrogen (secondary N) is 1. The van der Waals surface area contributed by atoms with Gasteiger partial charge in [0.2, 0.25) is 0 Å². The highest BCUT2D eigenvalue weighted by atomic mass is 19.4. The first-order valence-electron chi connectivity index (χ1n) is 6.11. The Morgan fingerprint density at radius 1 is 1.37 bits per heavy atom. The number of ether oxygens (including phenoxy) is 2. The molecule has 6 heteroatoms. The van der Waals surface area contributed by atoms with Gasteiger partial charge in [-0.25, -0.2) is 0 Å². The number of hydrogen-bond acceptors (Lipinski definition) is 3. The lowest BCUT2D eigenvalue weighted by Crippen LogP contribution is -2.27. The van der Waals surface area contributed by atoms with E-state index in [0.29, 0.717) is 18.8 Å². The van der Waals surface area contributed by atoms with E-state index in [0.717, 1.165) is 6.42 Å². The monoisotopic (exact) mass is 275 g/mol. The lowest BCUT2D eigenvalue weighted by atomic mass is 9.92. The maximum atomic E-state index is 12.4.